The third-order valence-electron chi connectivity index (χ3n) is 1.96. The Kier molecular flexibility index (Phi) is 2.82. The molecular formula is C10H14FN. The van der Waals surface area contributed by atoms with Crippen LogP contribution in [0.15, 0.2) is 18.2 Å². The summed E-state index contributed by atoms with van der Waals surface area (Å²) in [5.74, 6) is 0.176. The van der Waals surface area contributed by atoms with Crippen molar-refractivity contribution in [3.63, 3.8) is 0 Å². The number of halogens is 1. The van der Waals surface area contributed by atoms with Gasteiger partial charge in [-0.05, 0) is 17.5 Å². The zero-order valence-electron chi connectivity index (χ0n) is 7.47. The van der Waals surface area contributed by atoms with Crippen LogP contribution in [0.5, 0.6) is 0 Å². The van der Waals surface area contributed by atoms with Gasteiger partial charge in [-0.25, -0.2) is 4.39 Å². The zero-order chi connectivity index (χ0) is 9.14. The molecule has 0 aromatic heterocycles. The van der Waals surface area contributed by atoms with Gasteiger partial charge in [-0.3, -0.25) is 0 Å². The number of nitrogens with two attached hydrogens (primary N) is 1. The van der Waals surface area contributed by atoms with Gasteiger partial charge in [0.1, 0.15) is 5.82 Å². The van der Waals surface area contributed by atoms with E-state index in [4.69, 9.17) is 5.73 Å². The van der Waals surface area contributed by atoms with Gasteiger partial charge in [-0.2, -0.15) is 0 Å². The van der Waals surface area contributed by atoms with Crippen LogP contribution in [0.2, 0.25) is 0 Å². The monoisotopic (exact) mass is 167 g/mol. The molecule has 12 heavy (non-hydrogen) atoms. The first-order valence-electron chi connectivity index (χ1n) is 4.13. The molecular weight excluding hydrogens is 153 g/mol. The lowest BCUT2D eigenvalue weighted by Crippen LogP contribution is -2.00. The molecule has 0 spiro atoms. The lowest BCUT2D eigenvalue weighted by Gasteiger charge is -2.06. The summed E-state index contributed by atoms with van der Waals surface area (Å²) in [6.45, 7) is 4.35. The van der Waals surface area contributed by atoms with Crippen molar-refractivity contribution in [2.45, 2.75) is 26.3 Å². The zero-order valence-corrected chi connectivity index (χ0v) is 7.47. The van der Waals surface area contributed by atoms with Crippen molar-refractivity contribution >= 4 is 0 Å². The number of rotatable bonds is 2. The fourth-order valence-corrected chi connectivity index (χ4v) is 1.09. The fourth-order valence-electron chi connectivity index (χ4n) is 1.09. The van der Waals surface area contributed by atoms with E-state index in [1.807, 2.05) is 19.9 Å². The molecule has 2 N–H and O–H groups in total. The van der Waals surface area contributed by atoms with Gasteiger partial charge in [-0.1, -0.05) is 26.0 Å². The molecule has 0 aliphatic rings. The summed E-state index contributed by atoms with van der Waals surface area (Å²) in [5.41, 5.74) is 6.94. The van der Waals surface area contributed by atoms with Gasteiger partial charge in [0.05, 0.1) is 0 Å². The molecule has 0 aliphatic carbocycles. The van der Waals surface area contributed by atoms with E-state index in [1.54, 1.807) is 12.1 Å². The summed E-state index contributed by atoms with van der Waals surface area (Å²) in [4.78, 5) is 0. The Balaban J connectivity index is 3.02. The third-order valence-corrected chi connectivity index (χ3v) is 1.96. The van der Waals surface area contributed by atoms with Gasteiger partial charge in [0.25, 0.3) is 0 Å². The van der Waals surface area contributed by atoms with Crippen molar-refractivity contribution in [3.05, 3.63) is 35.1 Å². The van der Waals surface area contributed by atoms with Crippen molar-refractivity contribution < 1.29 is 4.39 Å². The second-order valence-corrected chi connectivity index (χ2v) is 3.21. The normalized spacial score (nSPS) is 10.8. The number of hydrogen-bond acceptors (Lipinski definition) is 1. The minimum atomic E-state index is -0.191. The van der Waals surface area contributed by atoms with Crippen LogP contribution in [-0.2, 0) is 6.54 Å². The standard InChI is InChI=1S/C10H14FN/c1-7(2)8-3-4-9(6-12)10(11)5-8/h3-5,7H,6,12H2,1-2H3. The van der Waals surface area contributed by atoms with E-state index in [0.717, 1.165) is 5.56 Å². The van der Waals surface area contributed by atoms with E-state index < -0.39 is 0 Å². The van der Waals surface area contributed by atoms with Crippen LogP contribution in [0.4, 0.5) is 4.39 Å². The molecule has 0 aliphatic heterocycles. The summed E-state index contributed by atoms with van der Waals surface area (Å²) in [6, 6.07) is 5.24. The fraction of sp³-hybridized carbons (Fsp3) is 0.400. The Morgan fingerprint density at radius 1 is 1.42 bits per heavy atom. The molecule has 1 aromatic carbocycles. The lowest BCUT2D eigenvalue weighted by molar-refractivity contribution is 0.606. The smallest absolute Gasteiger partial charge is 0.127 e. The minimum absolute atomic E-state index is 0.191. The molecule has 0 atom stereocenters. The van der Waals surface area contributed by atoms with E-state index in [0.29, 0.717) is 11.5 Å². The highest BCUT2D eigenvalue weighted by Crippen LogP contribution is 2.17. The maximum atomic E-state index is 13.1. The second kappa shape index (κ2) is 3.68. The Bertz CT molecular complexity index is 269. The van der Waals surface area contributed by atoms with Gasteiger partial charge in [0.15, 0.2) is 0 Å². The van der Waals surface area contributed by atoms with Crippen LogP contribution in [-0.4, -0.2) is 0 Å². The topological polar surface area (TPSA) is 26.0 Å². The molecule has 2 heteroatoms. The highest BCUT2D eigenvalue weighted by Gasteiger charge is 2.03. The molecule has 0 amide bonds. The number of benzene rings is 1. The first kappa shape index (κ1) is 9.20. The molecule has 0 heterocycles. The molecule has 66 valence electrons. The maximum Gasteiger partial charge on any atom is 0.127 e. The lowest BCUT2D eigenvalue weighted by atomic mass is 10.0. The third kappa shape index (κ3) is 1.83. The SMILES string of the molecule is CC(C)c1ccc(CN)c(F)c1. The van der Waals surface area contributed by atoms with E-state index in [1.165, 1.54) is 0 Å². The van der Waals surface area contributed by atoms with Crippen molar-refractivity contribution in [2.75, 3.05) is 0 Å². The molecule has 0 saturated carbocycles. The van der Waals surface area contributed by atoms with Gasteiger partial charge in [0, 0.05) is 12.1 Å². The van der Waals surface area contributed by atoms with Crippen molar-refractivity contribution in [1.82, 2.24) is 0 Å². The minimum Gasteiger partial charge on any atom is -0.326 e. The molecule has 0 unspecified atom stereocenters. The van der Waals surface area contributed by atoms with Crippen LogP contribution >= 0.6 is 0 Å². The van der Waals surface area contributed by atoms with E-state index >= 15 is 0 Å². The molecule has 0 bridgehead atoms. The van der Waals surface area contributed by atoms with Crippen molar-refractivity contribution in [1.29, 1.82) is 0 Å². The summed E-state index contributed by atoms with van der Waals surface area (Å²) >= 11 is 0. The van der Waals surface area contributed by atoms with Crippen LogP contribution in [0, 0.1) is 5.82 Å². The average molecular weight is 167 g/mol. The van der Waals surface area contributed by atoms with Crippen LogP contribution < -0.4 is 5.73 Å². The summed E-state index contributed by atoms with van der Waals surface area (Å²) in [5, 5.41) is 0. The maximum absolute atomic E-state index is 13.1. The molecule has 0 fully saturated rings. The van der Waals surface area contributed by atoms with E-state index in [-0.39, 0.29) is 12.4 Å². The Labute approximate surface area is 72.4 Å². The summed E-state index contributed by atoms with van der Waals surface area (Å²) in [7, 11) is 0. The molecule has 1 rings (SSSR count). The highest BCUT2D eigenvalue weighted by molar-refractivity contribution is 5.26. The second-order valence-electron chi connectivity index (χ2n) is 3.21. The van der Waals surface area contributed by atoms with Gasteiger partial charge in [0.2, 0.25) is 0 Å². The Hall–Kier alpha value is -0.890. The molecule has 1 nitrogen and oxygen atoms in total. The first-order chi connectivity index (χ1) is 5.65. The molecule has 0 saturated heterocycles. The predicted octanol–water partition coefficient (Wildman–Crippen LogP) is 2.41. The van der Waals surface area contributed by atoms with Gasteiger partial charge >= 0.3 is 0 Å². The van der Waals surface area contributed by atoms with Crippen LogP contribution in [0.1, 0.15) is 30.9 Å². The summed E-state index contributed by atoms with van der Waals surface area (Å²) in [6.07, 6.45) is 0. The quantitative estimate of drug-likeness (QED) is 0.719. The van der Waals surface area contributed by atoms with E-state index in [2.05, 4.69) is 0 Å². The molecule has 0 radical (unpaired) electrons. The van der Waals surface area contributed by atoms with Crippen LogP contribution in [0.25, 0.3) is 0 Å². The number of hydrogen-bond donors (Lipinski definition) is 1. The van der Waals surface area contributed by atoms with Crippen molar-refractivity contribution in [2.24, 2.45) is 5.73 Å². The Morgan fingerprint density at radius 3 is 2.50 bits per heavy atom. The Morgan fingerprint density at radius 2 is 2.08 bits per heavy atom. The van der Waals surface area contributed by atoms with Gasteiger partial charge in [-0.15, -0.1) is 0 Å². The molecule has 1 aromatic rings. The highest BCUT2D eigenvalue weighted by atomic mass is 19.1. The van der Waals surface area contributed by atoms with Crippen LogP contribution in [0.3, 0.4) is 0 Å². The first-order valence-corrected chi connectivity index (χ1v) is 4.13. The largest absolute Gasteiger partial charge is 0.326 e. The predicted molar refractivity (Wildman–Crippen MR) is 48.4 cm³/mol. The average Bonchev–Trinajstić information content (AvgIpc) is 2.04. The van der Waals surface area contributed by atoms with Crippen molar-refractivity contribution in [3.8, 4) is 0 Å². The van der Waals surface area contributed by atoms with Gasteiger partial charge < -0.3 is 5.73 Å². The van der Waals surface area contributed by atoms with E-state index in [9.17, 15) is 4.39 Å². The summed E-state index contributed by atoms with van der Waals surface area (Å²) < 4.78 is 13.1.